The normalized spacial score (nSPS) is 15.5. The fourth-order valence-electron chi connectivity index (χ4n) is 1.96. The van der Waals surface area contributed by atoms with Gasteiger partial charge in [0.15, 0.2) is 0 Å². The molecule has 0 radical (unpaired) electrons. The fraction of sp³-hybridized carbons (Fsp3) is 0.571. The molecule has 0 aliphatic carbocycles. The Kier molecular flexibility index (Phi) is 5.86. The average molecular weight is 238 g/mol. The lowest BCUT2D eigenvalue weighted by molar-refractivity contribution is -0.149. The van der Waals surface area contributed by atoms with Gasteiger partial charge in [0.1, 0.15) is 11.7 Å². The highest BCUT2D eigenvalue weighted by atomic mass is 16.4. The van der Waals surface area contributed by atoms with Crippen LogP contribution in [0.15, 0.2) is 24.3 Å². The van der Waals surface area contributed by atoms with E-state index in [2.05, 4.69) is 6.58 Å². The van der Waals surface area contributed by atoms with Crippen molar-refractivity contribution < 1.29 is 14.7 Å². The van der Waals surface area contributed by atoms with E-state index in [0.29, 0.717) is 6.42 Å². The van der Waals surface area contributed by atoms with Crippen LogP contribution in [-0.2, 0) is 9.59 Å². The molecule has 2 atom stereocenters. The largest absolute Gasteiger partial charge is 0.481 e. The highest BCUT2D eigenvalue weighted by Gasteiger charge is 2.39. The molecule has 0 heterocycles. The van der Waals surface area contributed by atoms with Gasteiger partial charge < -0.3 is 5.11 Å². The molecule has 0 aromatic carbocycles. The molecular formula is C14H22O3. The van der Waals surface area contributed by atoms with E-state index in [0.717, 1.165) is 6.42 Å². The molecule has 0 saturated heterocycles. The van der Waals surface area contributed by atoms with Crippen molar-refractivity contribution in [2.45, 2.75) is 40.5 Å². The molecular weight excluding hydrogens is 216 g/mol. The first-order valence-electron chi connectivity index (χ1n) is 5.75. The quantitative estimate of drug-likeness (QED) is 0.547. The van der Waals surface area contributed by atoms with Crippen LogP contribution in [0.3, 0.4) is 0 Å². The van der Waals surface area contributed by atoms with Gasteiger partial charge in [0, 0.05) is 5.41 Å². The van der Waals surface area contributed by atoms with Crippen LogP contribution < -0.4 is 0 Å². The Labute approximate surface area is 103 Å². The van der Waals surface area contributed by atoms with Gasteiger partial charge in [-0.1, -0.05) is 24.6 Å². The summed E-state index contributed by atoms with van der Waals surface area (Å²) >= 11 is 0. The van der Waals surface area contributed by atoms with Gasteiger partial charge in [-0.25, -0.2) is 0 Å². The maximum absolute atomic E-state index is 11.4. The molecule has 0 rings (SSSR count). The zero-order valence-electron chi connectivity index (χ0n) is 11.1. The van der Waals surface area contributed by atoms with E-state index in [1.165, 1.54) is 12.5 Å². The van der Waals surface area contributed by atoms with Crippen LogP contribution in [0.1, 0.15) is 40.5 Å². The van der Waals surface area contributed by atoms with E-state index in [1.807, 2.05) is 19.9 Å². The van der Waals surface area contributed by atoms with E-state index in [9.17, 15) is 9.59 Å². The second-order valence-corrected chi connectivity index (χ2v) is 4.91. The predicted octanol–water partition coefficient (Wildman–Crippen LogP) is 3.21. The van der Waals surface area contributed by atoms with Gasteiger partial charge in [-0.2, -0.15) is 0 Å². The van der Waals surface area contributed by atoms with Crippen molar-refractivity contribution in [1.82, 2.24) is 0 Å². The molecule has 0 aliphatic heterocycles. The Morgan fingerprint density at radius 3 is 2.18 bits per heavy atom. The van der Waals surface area contributed by atoms with Crippen LogP contribution in [0.5, 0.6) is 0 Å². The third-order valence-electron chi connectivity index (χ3n) is 3.01. The van der Waals surface area contributed by atoms with E-state index in [-0.39, 0.29) is 5.78 Å². The summed E-state index contributed by atoms with van der Waals surface area (Å²) in [5.74, 6) is -2.40. The van der Waals surface area contributed by atoms with E-state index >= 15 is 0 Å². The number of carboxylic acid groups (broad SMARTS) is 1. The van der Waals surface area contributed by atoms with Crippen molar-refractivity contribution in [3.63, 3.8) is 0 Å². The maximum Gasteiger partial charge on any atom is 0.314 e. The summed E-state index contributed by atoms with van der Waals surface area (Å²) in [6, 6.07) is 0. The topological polar surface area (TPSA) is 54.4 Å². The first kappa shape index (κ1) is 15.6. The summed E-state index contributed by atoms with van der Waals surface area (Å²) < 4.78 is 0. The Hall–Kier alpha value is -1.38. The third-order valence-corrected chi connectivity index (χ3v) is 3.01. The minimum absolute atomic E-state index is 0.322. The minimum atomic E-state index is -1.07. The summed E-state index contributed by atoms with van der Waals surface area (Å²) in [5.41, 5.74) is 0.495. The predicted molar refractivity (Wildman–Crippen MR) is 68.8 cm³/mol. The Balaban J connectivity index is 4.97. The van der Waals surface area contributed by atoms with Gasteiger partial charge in [0.05, 0.1) is 0 Å². The fourth-order valence-corrected chi connectivity index (χ4v) is 1.96. The molecule has 0 aromatic rings. The molecule has 0 saturated carbocycles. The van der Waals surface area contributed by atoms with Crippen molar-refractivity contribution in [3.8, 4) is 0 Å². The molecule has 17 heavy (non-hydrogen) atoms. The lowest BCUT2D eigenvalue weighted by Crippen LogP contribution is -2.36. The molecule has 0 bridgehead atoms. The van der Waals surface area contributed by atoms with Crippen molar-refractivity contribution in [2.75, 3.05) is 0 Å². The van der Waals surface area contributed by atoms with Gasteiger partial charge in [-0.15, -0.1) is 6.58 Å². The molecule has 1 N–H and O–H groups in total. The van der Waals surface area contributed by atoms with Crippen molar-refractivity contribution in [2.24, 2.45) is 11.3 Å². The number of allylic oxidation sites excluding steroid dienone is 3. The van der Waals surface area contributed by atoms with Crippen LogP contribution in [0, 0.1) is 11.3 Å². The molecule has 3 heteroatoms. The lowest BCUT2D eigenvalue weighted by Gasteiger charge is -2.30. The SMILES string of the molecule is C=CC(C)(CCC=C(C)C)C(C(C)=O)C(=O)O. The van der Waals surface area contributed by atoms with E-state index in [1.54, 1.807) is 13.0 Å². The smallest absolute Gasteiger partial charge is 0.314 e. The minimum Gasteiger partial charge on any atom is -0.481 e. The number of Topliss-reactive ketones (excluding diaryl/α,β-unsaturated/α-hetero) is 1. The zero-order valence-corrected chi connectivity index (χ0v) is 11.1. The van der Waals surface area contributed by atoms with Gasteiger partial charge in [-0.05, 0) is 33.6 Å². The number of carboxylic acids is 1. The van der Waals surface area contributed by atoms with Crippen LogP contribution in [0.25, 0.3) is 0 Å². The number of carbonyl (C=O) groups excluding carboxylic acids is 1. The highest BCUT2D eigenvalue weighted by molar-refractivity contribution is 5.98. The van der Waals surface area contributed by atoms with Crippen molar-refractivity contribution >= 4 is 11.8 Å². The Morgan fingerprint density at radius 2 is 1.88 bits per heavy atom. The number of aliphatic carboxylic acids is 1. The first-order chi connectivity index (χ1) is 7.74. The van der Waals surface area contributed by atoms with Gasteiger partial charge >= 0.3 is 5.97 Å². The summed E-state index contributed by atoms with van der Waals surface area (Å²) in [6.45, 7) is 10.8. The first-order valence-corrected chi connectivity index (χ1v) is 5.75. The molecule has 3 nitrogen and oxygen atoms in total. The second-order valence-electron chi connectivity index (χ2n) is 4.91. The maximum atomic E-state index is 11.4. The van der Waals surface area contributed by atoms with E-state index < -0.39 is 17.3 Å². The molecule has 2 unspecified atom stereocenters. The summed E-state index contributed by atoms with van der Waals surface area (Å²) in [5, 5.41) is 9.13. The van der Waals surface area contributed by atoms with Crippen LogP contribution in [-0.4, -0.2) is 16.9 Å². The van der Waals surface area contributed by atoms with E-state index in [4.69, 9.17) is 5.11 Å². The monoisotopic (exact) mass is 238 g/mol. The second kappa shape index (κ2) is 6.38. The summed E-state index contributed by atoms with van der Waals surface area (Å²) in [6.07, 6.45) is 4.99. The number of rotatable bonds is 7. The number of ketones is 1. The molecule has 0 spiro atoms. The standard InChI is InChI=1S/C14H22O3/c1-6-14(5,9-7-8-10(2)3)12(11(4)15)13(16)17/h6,8,12H,1,7,9H2,2-5H3,(H,16,17). The summed E-state index contributed by atoms with van der Waals surface area (Å²) in [7, 11) is 0. The van der Waals surface area contributed by atoms with Crippen molar-refractivity contribution in [1.29, 1.82) is 0 Å². The van der Waals surface area contributed by atoms with Crippen LogP contribution >= 0.6 is 0 Å². The Morgan fingerprint density at radius 1 is 1.35 bits per heavy atom. The third kappa shape index (κ3) is 4.55. The van der Waals surface area contributed by atoms with Gasteiger partial charge in [0.25, 0.3) is 0 Å². The highest BCUT2D eigenvalue weighted by Crippen LogP contribution is 2.35. The molecule has 0 amide bonds. The molecule has 0 aliphatic rings. The van der Waals surface area contributed by atoms with Gasteiger partial charge in [0.2, 0.25) is 0 Å². The number of hydrogen-bond donors (Lipinski definition) is 1. The molecule has 96 valence electrons. The Bertz CT molecular complexity index is 323. The van der Waals surface area contributed by atoms with Crippen LogP contribution in [0.2, 0.25) is 0 Å². The molecule has 0 fully saturated rings. The van der Waals surface area contributed by atoms with Crippen LogP contribution in [0.4, 0.5) is 0 Å². The van der Waals surface area contributed by atoms with Crippen molar-refractivity contribution in [3.05, 3.63) is 24.3 Å². The summed E-state index contributed by atoms with van der Waals surface area (Å²) in [4.78, 5) is 22.6. The zero-order chi connectivity index (χ0) is 13.6. The number of carbonyl (C=O) groups is 2. The average Bonchev–Trinajstić information content (AvgIpc) is 2.15. The number of hydrogen-bond acceptors (Lipinski definition) is 2. The lowest BCUT2D eigenvalue weighted by atomic mass is 9.72. The van der Waals surface area contributed by atoms with Gasteiger partial charge in [-0.3, -0.25) is 9.59 Å². The molecule has 0 aromatic heterocycles.